The molecule has 13 heavy (non-hydrogen) atoms. The molecule has 0 aliphatic rings. The summed E-state index contributed by atoms with van der Waals surface area (Å²) in [7, 11) is 1.50. The minimum Gasteiger partial charge on any atom is -0.353 e. The molecule has 72 valence electrons. The fourth-order valence-corrected chi connectivity index (χ4v) is 1.25. The molecule has 3 nitrogen and oxygen atoms in total. The van der Waals surface area contributed by atoms with Crippen LogP contribution in [0.25, 0.3) is 0 Å². The summed E-state index contributed by atoms with van der Waals surface area (Å²) in [5.74, 6) is 0.0104. The van der Waals surface area contributed by atoms with Crippen LogP contribution in [0, 0.1) is 0 Å². The molecule has 1 aromatic rings. The van der Waals surface area contributed by atoms with Gasteiger partial charge in [0.1, 0.15) is 0 Å². The summed E-state index contributed by atoms with van der Waals surface area (Å²) < 4.78 is 4.94. The van der Waals surface area contributed by atoms with E-state index in [1.165, 1.54) is 7.11 Å². The Labute approximate surface area is 77.8 Å². The predicted octanol–water partition coefficient (Wildman–Crippen LogP) is 2.25. The highest BCUT2D eigenvalue weighted by Gasteiger charge is 2.18. The van der Waals surface area contributed by atoms with E-state index in [1.807, 2.05) is 37.3 Å². The van der Waals surface area contributed by atoms with Gasteiger partial charge in [0.2, 0.25) is 0 Å². The Kier molecular flexibility index (Phi) is 3.89. The predicted molar refractivity (Wildman–Crippen MR) is 49.4 cm³/mol. The molecule has 0 amide bonds. The molecule has 0 radical (unpaired) electrons. The molecule has 1 aromatic carbocycles. The first-order valence-corrected chi connectivity index (χ1v) is 4.17. The second-order valence-electron chi connectivity index (χ2n) is 2.91. The third kappa shape index (κ3) is 2.52. The van der Waals surface area contributed by atoms with E-state index in [0.717, 1.165) is 5.56 Å². The van der Waals surface area contributed by atoms with Crippen LogP contribution in [0.3, 0.4) is 0 Å². The summed E-state index contributed by atoms with van der Waals surface area (Å²) >= 11 is 0. The molecule has 0 saturated heterocycles. The topological polar surface area (TPSA) is 38.7 Å². The van der Waals surface area contributed by atoms with Crippen molar-refractivity contribution in [3.63, 3.8) is 0 Å². The molecule has 1 N–H and O–H groups in total. The van der Waals surface area contributed by atoms with Crippen molar-refractivity contribution >= 4 is 0 Å². The third-order valence-corrected chi connectivity index (χ3v) is 2.07. The lowest BCUT2D eigenvalue weighted by molar-refractivity contribution is -0.345. The Bertz CT molecular complexity index is 231. The Morgan fingerprint density at radius 2 is 1.85 bits per heavy atom. The van der Waals surface area contributed by atoms with Crippen molar-refractivity contribution in [2.45, 2.75) is 19.1 Å². The van der Waals surface area contributed by atoms with Crippen LogP contribution in [0.4, 0.5) is 0 Å². The van der Waals surface area contributed by atoms with Crippen LogP contribution < -0.4 is 0 Å². The van der Waals surface area contributed by atoms with Gasteiger partial charge in [-0.3, -0.25) is 0 Å². The normalized spacial score (nSPS) is 15.3. The number of benzene rings is 1. The Hall–Kier alpha value is -0.900. The fraction of sp³-hybridized carbons (Fsp3) is 0.400. The van der Waals surface area contributed by atoms with Crippen molar-refractivity contribution in [1.82, 2.24) is 0 Å². The zero-order chi connectivity index (χ0) is 9.68. The molecular formula is C10H14O3. The van der Waals surface area contributed by atoms with Gasteiger partial charge in [0.15, 0.2) is 6.29 Å². The lowest BCUT2D eigenvalue weighted by Crippen LogP contribution is -2.20. The van der Waals surface area contributed by atoms with Gasteiger partial charge in [-0.15, -0.1) is 0 Å². The van der Waals surface area contributed by atoms with Crippen molar-refractivity contribution in [2.24, 2.45) is 0 Å². The zero-order valence-electron chi connectivity index (χ0n) is 7.81. The van der Waals surface area contributed by atoms with Crippen LogP contribution in [-0.4, -0.2) is 18.7 Å². The molecule has 2 unspecified atom stereocenters. The average molecular weight is 182 g/mol. The van der Waals surface area contributed by atoms with E-state index in [1.54, 1.807) is 0 Å². The Morgan fingerprint density at radius 1 is 1.23 bits per heavy atom. The smallest absolute Gasteiger partial charge is 0.197 e. The highest BCUT2D eigenvalue weighted by Crippen LogP contribution is 2.20. The molecule has 0 spiro atoms. The second kappa shape index (κ2) is 4.97. The number of ether oxygens (including phenoxy) is 1. The molecule has 0 bridgehead atoms. The van der Waals surface area contributed by atoms with Crippen molar-refractivity contribution < 1.29 is 14.9 Å². The maximum atomic E-state index is 8.53. The van der Waals surface area contributed by atoms with Gasteiger partial charge in [0.25, 0.3) is 0 Å². The molecule has 0 fully saturated rings. The van der Waals surface area contributed by atoms with E-state index in [0.29, 0.717) is 0 Å². The first-order chi connectivity index (χ1) is 6.29. The number of hydrogen-bond donors (Lipinski definition) is 1. The zero-order valence-corrected chi connectivity index (χ0v) is 7.81. The quantitative estimate of drug-likeness (QED) is 0.441. The summed E-state index contributed by atoms with van der Waals surface area (Å²) in [6.07, 6.45) is -0.609. The number of rotatable bonds is 4. The minimum atomic E-state index is -0.609. The SMILES string of the molecule is COC(OO)C(C)c1ccccc1. The summed E-state index contributed by atoms with van der Waals surface area (Å²) in [6, 6.07) is 9.76. The molecular weight excluding hydrogens is 168 g/mol. The van der Waals surface area contributed by atoms with Gasteiger partial charge in [-0.2, -0.15) is 0 Å². The van der Waals surface area contributed by atoms with E-state index in [-0.39, 0.29) is 5.92 Å². The van der Waals surface area contributed by atoms with Crippen molar-refractivity contribution in [3.05, 3.63) is 35.9 Å². The molecule has 3 heteroatoms. The standard InChI is InChI=1S/C10H14O3/c1-8(10(12-2)13-11)9-6-4-3-5-7-9/h3-8,10-11H,1-2H3. The van der Waals surface area contributed by atoms with Gasteiger partial charge in [-0.1, -0.05) is 37.3 Å². The van der Waals surface area contributed by atoms with Crippen molar-refractivity contribution in [3.8, 4) is 0 Å². The van der Waals surface area contributed by atoms with E-state index in [4.69, 9.17) is 9.99 Å². The average Bonchev–Trinajstić information content (AvgIpc) is 2.21. The van der Waals surface area contributed by atoms with Gasteiger partial charge >= 0.3 is 0 Å². The molecule has 0 saturated carbocycles. The van der Waals surface area contributed by atoms with Crippen molar-refractivity contribution in [1.29, 1.82) is 0 Å². The molecule has 0 heterocycles. The van der Waals surface area contributed by atoms with Crippen LogP contribution in [0.5, 0.6) is 0 Å². The second-order valence-corrected chi connectivity index (χ2v) is 2.91. The lowest BCUT2D eigenvalue weighted by atomic mass is 10.0. The van der Waals surface area contributed by atoms with E-state index in [2.05, 4.69) is 4.89 Å². The Morgan fingerprint density at radius 3 is 2.31 bits per heavy atom. The van der Waals surface area contributed by atoms with Gasteiger partial charge in [-0.25, -0.2) is 10.1 Å². The monoisotopic (exact) mass is 182 g/mol. The maximum absolute atomic E-state index is 8.53. The summed E-state index contributed by atoms with van der Waals surface area (Å²) in [5, 5.41) is 8.53. The van der Waals surface area contributed by atoms with Crippen LogP contribution in [-0.2, 0) is 9.62 Å². The first-order valence-electron chi connectivity index (χ1n) is 4.17. The van der Waals surface area contributed by atoms with Crippen LogP contribution >= 0.6 is 0 Å². The van der Waals surface area contributed by atoms with Gasteiger partial charge in [-0.05, 0) is 5.56 Å². The highest BCUT2D eigenvalue weighted by molar-refractivity contribution is 5.19. The lowest BCUT2D eigenvalue weighted by Gasteiger charge is -2.19. The third-order valence-electron chi connectivity index (χ3n) is 2.07. The number of hydrogen-bond acceptors (Lipinski definition) is 3. The molecule has 1 rings (SSSR count). The minimum absolute atomic E-state index is 0.0104. The number of methoxy groups -OCH3 is 1. The first kappa shape index (κ1) is 10.2. The fourth-order valence-electron chi connectivity index (χ4n) is 1.25. The van der Waals surface area contributed by atoms with Gasteiger partial charge in [0.05, 0.1) is 0 Å². The molecule has 2 atom stereocenters. The van der Waals surface area contributed by atoms with Gasteiger partial charge < -0.3 is 4.74 Å². The Balaban J connectivity index is 2.72. The summed E-state index contributed by atoms with van der Waals surface area (Å²) in [6.45, 7) is 1.93. The van der Waals surface area contributed by atoms with E-state index in [9.17, 15) is 0 Å². The van der Waals surface area contributed by atoms with Crippen LogP contribution in [0.15, 0.2) is 30.3 Å². The highest BCUT2D eigenvalue weighted by atomic mass is 17.1. The van der Waals surface area contributed by atoms with Gasteiger partial charge in [0, 0.05) is 13.0 Å². The van der Waals surface area contributed by atoms with Crippen LogP contribution in [0.1, 0.15) is 18.4 Å². The van der Waals surface area contributed by atoms with Crippen LogP contribution in [0.2, 0.25) is 0 Å². The van der Waals surface area contributed by atoms with E-state index < -0.39 is 6.29 Å². The maximum Gasteiger partial charge on any atom is 0.197 e. The summed E-state index contributed by atoms with van der Waals surface area (Å²) in [5.41, 5.74) is 1.07. The van der Waals surface area contributed by atoms with Crippen molar-refractivity contribution in [2.75, 3.05) is 7.11 Å². The van der Waals surface area contributed by atoms with E-state index >= 15 is 0 Å². The molecule has 0 aromatic heterocycles. The summed E-state index contributed by atoms with van der Waals surface area (Å²) in [4.78, 5) is 4.19. The molecule has 0 aliphatic heterocycles. The largest absolute Gasteiger partial charge is 0.353 e. The molecule has 0 aliphatic carbocycles.